The van der Waals surface area contributed by atoms with Gasteiger partial charge in [-0.05, 0) is 79.9 Å². The fraction of sp³-hybridized carbons (Fsp3) is 0.636. The highest BCUT2D eigenvalue weighted by atomic mass is 14.5. The first-order valence-corrected chi connectivity index (χ1v) is 9.67. The van der Waals surface area contributed by atoms with E-state index in [-0.39, 0.29) is 0 Å². The van der Waals surface area contributed by atoms with Gasteiger partial charge in [-0.1, -0.05) is 49.1 Å². The van der Waals surface area contributed by atoms with Gasteiger partial charge in [-0.2, -0.15) is 0 Å². The molecule has 1 spiro atoms. The van der Waals surface area contributed by atoms with E-state index in [1.165, 1.54) is 70.6 Å². The fourth-order valence-electron chi connectivity index (χ4n) is 6.38. The third kappa shape index (κ3) is 1.82. The predicted octanol–water partition coefficient (Wildman–Crippen LogP) is 6.05. The maximum Gasteiger partial charge on any atom is 0.00273 e. The van der Waals surface area contributed by atoms with E-state index in [1.807, 2.05) is 0 Å². The molecule has 1 aromatic carbocycles. The van der Waals surface area contributed by atoms with E-state index >= 15 is 0 Å². The van der Waals surface area contributed by atoms with Gasteiger partial charge >= 0.3 is 0 Å². The Hall–Kier alpha value is -1.04. The zero-order valence-electron chi connectivity index (χ0n) is 13.7. The topological polar surface area (TPSA) is 0 Å². The molecule has 0 saturated heterocycles. The Morgan fingerprint density at radius 2 is 1.91 bits per heavy atom. The molecule has 0 heteroatoms. The Labute approximate surface area is 135 Å². The van der Waals surface area contributed by atoms with Gasteiger partial charge in [-0.3, -0.25) is 0 Å². The van der Waals surface area contributed by atoms with E-state index in [4.69, 9.17) is 0 Å². The number of benzene rings is 1. The second-order valence-corrected chi connectivity index (χ2v) is 8.39. The van der Waals surface area contributed by atoms with Gasteiger partial charge < -0.3 is 0 Å². The first-order valence-electron chi connectivity index (χ1n) is 9.67. The largest absolute Gasteiger partial charge is 0.0850 e. The number of hydrogen-bond acceptors (Lipinski definition) is 0. The molecule has 4 aliphatic rings. The van der Waals surface area contributed by atoms with Crippen molar-refractivity contribution in [1.29, 1.82) is 0 Å². The molecule has 0 amide bonds. The third-order valence-corrected chi connectivity index (χ3v) is 7.37. The van der Waals surface area contributed by atoms with Crippen LogP contribution in [0.2, 0.25) is 0 Å². The zero-order chi connectivity index (χ0) is 14.6. The van der Waals surface area contributed by atoms with E-state index in [1.54, 1.807) is 22.3 Å². The summed E-state index contributed by atoms with van der Waals surface area (Å²) in [6, 6.07) is 7.40. The van der Waals surface area contributed by atoms with Gasteiger partial charge in [0, 0.05) is 5.41 Å². The van der Waals surface area contributed by atoms with Crippen molar-refractivity contribution in [2.45, 2.75) is 82.0 Å². The van der Waals surface area contributed by atoms with E-state index in [0.717, 1.165) is 11.8 Å². The van der Waals surface area contributed by atoms with E-state index in [0.29, 0.717) is 5.41 Å². The van der Waals surface area contributed by atoms with Crippen LogP contribution >= 0.6 is 0 Å². The second kappa shape index (κ2) is 4.98. The van der Waals surface area contributed by atoms with Crippen molar-refractivity contribution in [3.63, 3.8) is 0 Å². The first kappa shape index (κ1) is 13.4. The summed E-state index contributed by atoms with van der Waals surface area (Å²) in [5.74, 6) is 1.81. The molecule has 4 aliphatic carbocycles. The highest BCUT2D eigenvalue weighted by Gasteiger charge is 2.50. The van der Waals surface area contributed by atoms with Crippen LogP contribution in [-0.4, -0.2) is 0 Å². The number of fused-ring (bicyclic) bond motifs is 5. The highest BCUT2D eigenvalue weighted by molar-refractivity contribution is 5.48. The quantitative estimate of drug-likeness (QED) is 0.553. The third-order valence-electron chi connectivity index (χ3n) is 7.37. The monoisotopic (exact) mass is 292 g/mol. The molecule has 1 aromatic rings. The summed E-state index contributed by atoms with van der Waals surface area (Å²) in [6.07, 6.45) is 18.2. The van der Waals surface area contributed by atoms with Crippen LogP contribution in [0.25, 0.3) is 0 Å². The fourth-order valence-corrected chi connectivity index (χ4v) is 6.38. The van der Waals surface area contributed by atoms with Crippen molar-refractivity contribution in [1.82, 2.24) is 0 Å². The molecular formula is C22H28. The highest BCUT2D eigenvalue weighted by Crippen LogP contribution is 2.59. The molecular weight excluding hydrogens is 264 g/mol. The normalized spacial score (nSPS) is 34.0. The van der Waals surface area contributed by atoms with Gasteiger partial charge in [-0.15, -0.1) is 0 Å². The summed E-state index contributed by atoms with van der Waals surface area (Å²) in [6.45, 7) is 0. The predicted molar refractivity (Wildman–Crippen MR) is 92.3 cm³/mol. The van der Waals surface area contributed by atoms with Crippen LogP contribution in [0.3, 0.4) is 0 Å². The number of allylic oxidation sites excluding steroid dienone is 2. The summed E-state index contributed by atoms with van der Waals surface area (Å²) in [7, 11) is 0. The molecule has 0 radical (unpaired) electrons. The van der Waals surface area contributed by atoms with Crippen LogP contribution < -0.4 is 0 Å². The van der Waals surface area contributed by atoms with Crippen molar-refractivity contribution in [2.24, 2.45) is 5.92 Å². The van der Waals surface area contributed by atoms with Gasteiger partial charge in [0.2, 0.25) is 0 Å². The van der Waals surface area contributed by atoms with Crippen LogP contribution in [0.4, 0.5) is 0 Å². The molecule has 0 aromatic heterocycles. The van der Waals surface area contributed by atoms with Gasteiger partial charge in [0.1, 0.15) is 0 Å². The van der Waals surface area contributed by atoms with Crippen molar-refractivity contribution < 1.29 is 0 Å². The lowest BCUT2D eigenvalue weighted by molar-refractivity contribution is 0.268. The molecule has 2 bridgehead atoms. The lowest BCUT2D eigenvalue weighted by Gasteiger charge is -2.43. The Kier molecular flexibility index (Phi) is 3.03. The average Bonchev–Trinajstić information content (AvgIpc) is 3.17. The minimum atomic E-state index is 0.544. The molecule has 0 N–H and O–H groups in total. The van der Waals surface area contributed by atoms with Crippen molar-refractivity contribution in [3.8, 4) is 0 Å². The minimum absolute atomic E-state index is 0.544. The molecule has 22 heavy (non-hydrogen) atoms. The maximum atomic E-state index is 2.55. The molecule has 2 fully saturated rings. The lowest BCUT2D eigenvalue weighted by atomic mass is 9.61. The summed E-state index contributed by atoms with van der Waals surface area (Å²) < 4.78 is 0. The van der Waals surface area contributed by atoms with Crippen molar-refractivity contribution in [3.05, 3.63) is 46.5 Å². The maximum absolute atomic E-state index is 2.55. The lowest BCUT2D eigenvalue weighted by Crippen LogP contribution is -2.36. The molecule has 0 heterocycles. The average molecular weight is 292 g/mol. The summed E-state index contributed by atoms with van der Waals surface area (Å²) >= 11 is 0. The minimum Gasteiger partial charge on any atom is -0.0850 e. The SMILES string of the molecule is C1=C2CC(C1)C1(CCCc3c(C4CCCCC4)cccc31)C2. The van der Waals surface area contributed by atoms with Crippen LogP contribution in [0, 0.1) is 5.92 Å². The Morgan fingerprint density at radius 3 is 2.68 bits per heavy atom. The van der Waals surface area contributed by atoms with Gasteiger partial charge in [-0.25, -0.2) is 0 Å². The molecule has 2 unspecified atom stereocenters. The Morgan fingerprint density at radius 1 is 1.00 bits per heavy atom. The standard InChI is InChI=1S/C22H28/c1-2-6-17(7-3-1)19-8-4-10-21-20(19)9-5-13-22(21)15-16-11-12-18(22)14-16/h4,8,10-11,17-18H,1-3,5-7,9,12-15H2. The van der Waals surface area contributed by atoms with Crippen molar-refractivity contribution in [2.75, 3.05) is 0 Å². The van der Waals surface area contributed by atoms with Crippen LogP contribution in [0.1, 0.15) is 86.8 Å². The molecule has 2 saturated carbocycles. The Bertz CT molecular complexity index is 617. The van der Waals surface area contributed by atoms with E-state index in [2.05, 4.69) is 24.3 Å². The molecule has 0 aliphatic heterocycles. The molecule has 0 nitrogen and oxygen atoms in total. The summed E-state index contributed by atoms with van der Waals surface area (Å²) in [5.41, 5.74) is 7.67. The van der Waals surface area contributed by atoms with Gasteiger partial charge in [0.15, 0.2) is 0 Å². The smallest absolute Gasteiger partial charge is 0.00273 e. The molecule has 5 rings (SSSR count). The summed E-state index contributed by atoms with van der Waals surface area (Å²) in [5, 5.41) is 0. The summed E-state index contributed by atoms with van der Waals surface area (Å²) in [4.78, 5) is 0. The second-order valence-electron chi connectivity index (χ2n) is 8.39. The number of rotatable bonds is 1. The van der Waals surface area contributed by atoms with E-state index in [9.17, 15) is 0 Å². The number of hydrogen-bond donors (Lipinski definition) is 0. The van der Waals surface area contributed by atoms with Gasteiger partial charge in [0.25, 0.3) is 0 Å². The molecule has 116 valence electrons. The molecule has 2 atom stereocenters. The van der Waals surface area contributed by atoms with Crippen molar-refractivity contribution >= 4 is 0 Å². The first-order chi connectivity index (χ1) is 10.9. The van der Waals surface area contributed by atoms with E-state index < -0.39 is 0 Å². The van der Waals surface area contributed by atoms with Gasteiger partial charge in [0.05, 0.1) is 0 Å². The van der Waals surface area contributed by atoms with Crippen LogP contribution in [0.5, 0.6) is 0 Å². The van der Waals surface area contributed by atoms with Crippen LogP contribution in [-0.2, 0) is 11.8 Å². The Balaban J connectivity index is 1.60. The van der Waals surface area contributed by atoms with Crippen LogP contribution in [0.15, 0.2) is 29.8 Å². The zero-order valence-corrected chi connectivity index (χ0v) is 13.7.